The Morgan fingerprint density at radius 2 is 1.45 bits per heavy atom. The molecule has 0 aliphatic rings. The Morgan fingerprint density at radius 1 is 1.05 bits per heavy atom. The molecule has 0 aliphatic heterocycles. The highest BCUT2D eigenvalue weighted by atomic mass is 35.5. The van der Waals surface area contributed by atoms with E-state index in [4.69, 9.17) is 33.3 Å². The summed E-state index contributed by atoms with van der Waals surface area (Å²) in [6, 6.07) is 4.11. The summed E-state index contributed by atoms with van der Waals surface area (Å²) in [5.74, 6) is 1.54. The molecule has 128 valence electrons. The van der Waals surface area contributed by atoms with Crippen molar-refractivity contribution in [1.82, 2.24) is 0 Å². The molecule has 0 radical (unpaired) electrons. The number of unbranched alkanes of at least 4 members (excludes halogenated alkanes) is 4. The van der Waals surface area contributed by atoms with Crippen molar-refractivity contribution in [3.63, 3.8) is 0 Å². The molecule has 22 heavy (non-hydrogen) atoms. The highest BCUT2D eigenvalue weighted by Crippen LogP contribution is 2.04. The third-order valence-electron chi connectivity index (χ3n) is 1.61. The van der Waals surface area contributed by atoms with Crippen LogP contribution in [-0.2, 0) is 0 Å². The lowest BCUT2D eigenvalue weighted by Crippen LogP contribution is -2.18. The first-order chi connectivity index (χ1) is 9.92. The highest BCUT2D eigenvalue weighted by molar-refractivity contribution is 8.13. The summed E-state index contributed by atoms with van der Waals surface area (Å²) < 4.78 is 0. The number of halogens is 2. The third kappa shape index (κ3) is 61.4. The molecular formula is C12H24Cl2N6S2. The number of amidine groups is 1. The van der Waals surface area contributed by atoms with Crippen LogP contribution in [0.25, 0.3) is 0 Å². The van der Waals surface area contributed by atoms with Crippen molar-refractivity contribution in [2.24, 2.45) is 17.2 Å². The first kappa shape index (κ1) is 29.1. The molecule has 0 aromatic heterocycles. The molecule has 6 nitrogen and oxygen atoms in total. The fourth-order valence-corrected chi connectivity index (χ4v) is 1.54. The Morgan fingerprint density at radius 3 is 1.77 bits per heavy atom. The van der Waals surface area contributed by atoms with Crippen LogP contribution in [0.5, 0.6) is 0 Å². The SMILES string of the molecule is Cl.N#CCCCCCl.N#CCCCCSC(=N)N.NC(N)=S. The van der Waals surface area contributed by atoms with Crippen molar-refractivity contribution in [2.45, 2.75) is 38.5 Å². The molecule has 0 saturated heterocycles. The molecule has 0 rings (SSSR count). The summed E-state index contributed by atoms with van der Waals surface area (Å²) in [6.07, 6.45) is 5.05. The minimum absolute atomic E-state index is 0. The summed E-state index contributed by atoms with van der Waals surface area (Å²) in [7, 11) is 0. The Labute approximate surface area is 153 Å². The predicted molar refractivity (Wildman–Crippen MR) is 102 cm³/mol. The first-order valence-corrected chi connectivity index (χ1v) is 8.16. The summed E-state index contributed by atoms with van der Waals surface area (Å²) >= 11 is 10.8. The van der Waals surface area contributed by atoms with Crippen LogP contribution >= 0.6 is 48.0 Å². The van der Waals surface area contributed by atoms with Gasteiger partial charge in [0.15, 0.2) is 10.3 Å². The maximum atomic E-state index is 8.15. The minimum Gasteiger partial charge on any atom is -0.379 e. The average molecular weight is 387 g/mol. The van der Waals surface area contributed by atoms with Gasteiger partial charge in [-0.1, -0.05) is 11.8 Å². The van der Waals surface area contributed by atoms with Crippen LogP contribution < -0.4 is 17.2 Å². The number of rotatable bonds is 7. The van der Waals surface area contributed by atoms with Crippen LogP contribution in [0.15, 0.2) is 0 Å². The van der Waals surface area contributed by atoms with E-state index in [1.165, 1.54) is 11.8 Å². The van der Waals surface area contributed by atoms with E-state index in [-0.39, 0.29) is 22.7 Å². The molecule has 0 amide bonds. The molecule has 0 aromatic carbocycles. The van der Waals surface area contributed by atoms with Gasteiger partial charge in [-0.25, -0.2) is 0 Å². The van der Waals surface area contributed by atoms with Gasteiger partial charge in [-0.2, -0.15) is 10.5 Å². The Balaban J connectivity index is -0.000000118. The number of nitrogens with two attached hydrogens (primary N) is 3. The zero-order valence-electron chi connectivity index (χ0n) is 12.4. The molecule has 0 atom stereocenters. The van der Waals surface area contributed by atoms with Gasteiger partial charge in [-0.3, -0.25) is 5.41 Å². The lowest BCUT2D eigenvalue weighted by Gasteiger charge is -1.94. The van der Waals surface area contributed by atoms with E-state index >= 15 is 0 Å². The largest absolute Gasteiger partial charge is 0.379 e. The van der Waals surface area contributed by atoms with Crippen LogP contribution in [0.3, 0.4) is 0 Å². The number of nitrogens with zero attached hydrogens (tertiary/aromatic N) is 2. The molecule has 0 unspecified atom stereocenters. The Kier molecular flexibility index (Phi) is 37.4. The van der Waals surface area contributed by atoms with Crippen LogP contribution in [0.2, 0.25) is 0 Å². The summed E-state index contributed by atoms with van der Waals surface area (Å²) in [5.41, 5.74) is 14.3. The molecule has 10 heteroatoms. The Bertz CT molecular complexity index is 337. The topological polar surface area (TPSA) is 149 Å². The van der Waals surface area contributed by atoms with E-state index < -0.39 is 0 Å². The van der Waals surface area contributed by atoms with Crippen molar-refractivity contribution >= 4 is 58.3 Å². The molecule has 0 aliphatic carbocycles. The van der Waals surface area contributed by atoms with Crippen molar-refractivity contribution in [3.8, 4) is 12.1 Å². The van der Waals surface area contributed by atoms with Crippen molar-refractivity contribution < 1.29 is 0 Å². The van der Waals surface area contributed by atoms with Gasteiger partial charge in [0, 0.05) is 24.5 Å². The van der Waals surface area contributed by atoms with E-state index in [0.29, 0.717) is 18.7 Å². The number of thiocarbonyl (C=S) groups is 1. The fraction of sp³-hybridized carbons (Fsp3) is 0.667. The normalized spacial score (nSPS) is 7.59. The van der Waals surface area contributed by atoms with E-state index in [1.54, 1.807) is 0 Å². The summed E-state index contributed by atoms with van der Waals surface area (Å²) in [5, 5.41) is 23.2. The monoisotopic (exact) mass is 386 g/mol. The number of nitrogens with one attached hydrogen (secondary N) is 1. The zero-order valence-corrected chi connectivity index (χ0v) is 15.6. The molecule has 0 fully saturated rings. The molecule has 0 aromatic rings. The predicted octanol–water partition coefficient (Wildman–Crippen LogP) is 2.84. The van der Waals surface area contributed by atoms with Crippen molar-refractivity contribution in [3.05, 3.63) is 0 Å². The summed E-state index contributed by atoms with van der Waals surface area (Å²) in [6.45, 7) is 0. The molecular weight excluding hydrogens is 363 g/mol. The van der Waals surface area contributed by atoms with Gasteiger partial charge in [0.2, 0.25) is 0 Å². The summed E-state index contributed by atoms with van der Waals surface area (Å²) in [4.78, 5) is 0. The second kappa shape index (κ2) is 28.3. The minimum atomic E-state index is 0. The van der Waals surface area contributed by atoms with Gasteiger partial charge in [-0.15, -0.1) is 24.0 Å². The smallest absolute Gasteiger partial charge is 0.160 e. The second-order valence-electron chi connectivity index (χ2n) is 3.53. The van der Waals surface area contributed by atoms with Crippen molar-refractivity contribution in [2.75, 3.05) is 11.6 Å². The Hall–Kier alpha value is -0.930. The van der Waals surface area contributed by atoms with Gasteiger partial charge >= 0.3 is 0 Å². The number of alkyl halides is 1. The van der Waals surface area contributed by atoms with Gasteiger partial charge in [0.25, 0.3) is 0 Å². The van der Waals surface area contributed by atoms with Gasteiger partial charge < -0.3 is 17.2 Å². The number of hydrogen-bond acceptors (Lipinski definition) is 5. The van der Waals surface area contributed by atoms with Crippen LogP contribution in [0.4, 0.5) is 0 Å². The standard InChI is InChI=1S/C6H11N3S.C5H8ClN.CH4N2S.ClH/c7-4-2-1-3-5-10-6(8)9;6-4-2-1-3-5-7;2-1(3)4;/h1-3,5H2,(H3,8,9);1-4H2;(H4,2,3,4);1H. The number of hydrogen-bond donors (Lipinski definition) is 4. The fourth-order valence-electron chi connectivity index (χ4n) is 0.787. The van der Waals surface area contributed by atoms with Crippen molar-refractivity contribution in [1.29, 1.82) is 15.9 Å². The number of thioether (sulfide) groups is 1. The lowest BCUT2D eigenvalue weighted by molar-refractivity contribution is 0.827. The third-order valence-corrected chi connectivity index (χ3v) is 2.68. The van der Waals surface area contributed by atoms with Gasteiger partial charge in [0.05, 0.1) is 12.1 Å². The van der Waals surface area contributed by atoms with E-state index in [1.807, 2.05) is 6.07 Å². The molecule has 0 spiro atoms. The van der Waals surface area contributed by atoms with E-state index in [9.17, 15) is 0 Å². The lowest BCUT2D eigenvalue weighted by atomic mass is 10.3. The van der Waals surface area contributed by atoms with Gasteiger partial charge in [-0.05, 0) is 37.9 Å². The molecule has 0 saturated carbocycles. The maximum Gasteiger partial charge on any atom is 0.160 e. The number of nitriles is 2. The first-order valence-electron chi connectivity index (χ1n) is 6.23. The molecule has 0 heterocycles. The van der Waals surface area contributed by atoms with Crippen LogP contribution in [0, 0.1) is 28.1 Å². The zero-order chi connectivity index (χ0) is 16.9. The van der Waals surface area contributed by atoms with Gasteiger partial charge in [0.1, 0.15) is 0 Å². The quantitative estimate of drug-likeness (QED) is 0.172. The van der Waals surface area contributed by atoms with Crippen LogP contribution in [-0.4, -0.2) is 21.9 Å². The second-order valence-corrected chi connectivity index (χ2v) is 5.52. The maximum absolute atomic E-state index is 8.15. The van der Waals surface area contributed by atoms with Crippen LogP contribution in [0.1, 0.15) is 38.5 Å². The molecule has 0 bridgehead atoms. The van der Waals surface area contributed by atoms with E-state index in [2.05, 4.69) is 29.8 Å². The molecule has 7 N–H and O–H groups in total. The van der Waals surface area contributed by atoms with E-state index in [0.717, 1.165) is 31.4 Å². The average Bonchev–Trinajstić information content (AvgIpc) is 2.39. The highest BCUT2D eigenvalue weighted by Gasteiger charge is 1.90.